The monoisotopic (exact) mass is 444 g/mol. The normalized spacial score (nSPS) is 14.3. The number of phenols is 1. The predicted molar refractivity (Wildman–Crippen MR) is 134 cm³/mol. The highest BCUT2D eigenvalue weighted by atomic mass is 32.1. The van der Waals surface area contributed by atoms with Crippen LogP contribution in [-0.2, 0) is 13.0 Å². The van der Waals surface area contributed by atoms with Crippen LogP contribution in [0.3, 0.4) is 0 Å². The average Bonchev–Trinajstić information content (AvgIpc) is 3.43. The van der Waals surface area contributed by atoms with Crippen LogP contribution in [-0.4, -0.2) is 30.2 Å². The van der Waals surface area contributed by atoms with Crippen molar-refractivity contribution >= 4 is 27.1 Å². The van der Waals surface area contributed by atoms with Gasteiger partial charge in [-0.2, -0.15) is 0 Å². The van der Waals surface area contributed by atoms with E-state index >= 15 is 0 Å². The number of ether oxygens (including phenoxy) is 1. The number of fused-ring (bicyclic) bond motifs is 1. The number of anilines is 1. The van der Waals surface area contributed by atoms with Crippen molar-refractivity contribution in [1.29, 1.82) is 0 Å². The molecule has 0 bridgehead atoms. The Bertz CT molecular complexity index is 1240. The van der Waals surface area contributed by atoms with Crippen LogP contribution in [0.1, 0.15) is 29.5 Å². The van der Waals surface area contributed by atoms with Gasteiger partial charge in [-0.25, -0.2) is 0 Å². The first-order valence-corrected chi connectivity index (χ1v) is 11.9. The Labute approximate surface area is 192 Å². The molecule has 1 aromatic heterocycles. The SMILES string of the molecule is COc1cc(Cc2c(-c3ccc(N)cc3)sc3cc(O)ccc23)ccc1CN1CCCC1. The molecule has 1 fully saturated rings. The van der Waals surface area contributed by atoms with Crippen molar-refractivity contribution in [2.24, 2.45) is 0 Å². The van der Waals surface area contributed by atoms with Gasteiger partial charge in [-0.1, -0.05) is 24.3 Å². The summed E-state index contributed by atoms with van der Waals surface area (Å²) in [5.41, 5.74) is 11.6. The number of benzene rings is 3. The minimum Gasteiger partial charge on any atom is -0.508 e. The Kier molecular flexibility index (Phi) is 5.77. The fourth-order valence-corrected chi connectivity index (χ4v) is 5.86. The minimum atomic E-state index is 0.294. The minimum absolute atomic E-state index is 0.294. The molecular formula is C27H28N2O2S. The van der Waals surface area contributed by atoms with E-state index in [2.05, 4.69) is 35.2 Å². The lowest BCUT2D eigenvalue weighted by Gasteiger charge is -2.18. The number of nitrogens with zero attached hydrogens (tertiary/aromatic N) is 1. The lowest BCUT2D eigenvalue weighted by Crippen LogP contribution is -2.18. The molecule has 0 amide bonds. The molecule has 1 aliphatic heterocycles. The second kappa shape index (κ2) is 8.85. The number of thiophene rings is 1. The third-order valence-corrected chi connectivity index (χ3v) is 7.52. The second-order valence-corrected chi connectivity index (χ2v) is 9.57. The summed E-state index contributed by atoms with van der Waals surface area (Å²) in [6, 6.07) is 20.3. The summed E-state index contributed by atoms with van der Waals surface area (Å²) < 4.78 is 6.86. The van der Waals surface area contributed by atoms with Crippen LogP contribution in [0.25, 0.3) is 20.5 Å². The van der Waals surface area contributed by atoms with Crippen molar-refractivity contribution in [3.8, 4) is 21.9 Å². The first kappa shape index (κ1) is 20.9. The summed E-state index contributed by atoms with van der Waals surface area (Å²) in [5.74, 6) is 1.25. The maximum Gasteiger partial charge on any atom is 0.123 e. The van der Waals surface area contributed by atoms with Crippen molar-refractivity contribution in [3.63, 3.8) is 0 Å². The molecule has 0 saturated carbocycles. The van der Waals surface area contributed by atoms with Crippen LogP contribution in [0.15, 0.2) is 60.7 Å². The summed E-state index contributed by atoms with van der Waals surface area (Å²) in [7, 11) is 1.76. The summed E-state index contributed by atoms with van der Waals surface area (Å²) in [6.45, 7) is 3.29. The van der Waals surface area contributed by atoms with Crippen LogP contribution >= 0.6 is 11.3 Å². The molecular weight excluding hydrogens is 416 g/mol. The van der Waals surface area contributed by atoms with E-state index in [0.717, 1.165) is 34.7 Å². The van der Waals surface area contributed by atoms with Crippen molar-refractivity contribution in [2.45, 2.75) is 25.8 Å². The molecule has 0 aliphatic carbocycles. The molecule has 4 aromatic rings. The number of likely N-dealkylation sites (tertiary alicyclic amines) is 1. The van der Waals surface area contributed by atoms with Gasteiger partial charge >= 0.3 is 0 Å². The zero-order valence-corrected chi connectivity index (χ0v) is 19.1. The lowest BCUT2D eigenvalue weighted by atomic mass is 9.97. The zero-order valence-electron chi connectivity index (χ0n) is 18.3. The molecule has 1 saturated heterocycles. The fraction of sp³-hybridized carbons (Fsp3) is 0.259. The molecule has 2 heterocycles. The maximum absolute atomic E-state index is 10.0. The van der Waals surface area contributed by atoms with Crippen molar-refractivity contribution in [3.05, 3.63) is 77.4 Å². The molecule has 0 radical (unpaired) electrons. The molecule has 4 nitrogen and oxygen atoms in total. The Balaban J connectivity index is 1.52. The molecule has 0 spiro atoms. The van der Waals surface area contributed by atoms with E-state index < -0.39 is 0 Å². The molecule has 32 heavy (non-hydrogen) atoms. The molecule has 0 unspecified atom stereocenters. The topological polar surface area (TPSA) is 58.7 Å². The highest BCUT2D eigenvalue weighted by molar-refractivity contribution is 7.22. The van der Waals surface area contributed by atoms with Crippen LogP contribution in [0.5, 0.6) is 11.5 Å². The van der Waals surface area contributed by atoms with E-state index in [1.54, 1.807) is 24.5 Å². The van der Waals surface area contributed by atoms with Crippen LogP contribution < -0.4 is 10.5 Å². The lowest BCUT2D eigenvalue weighted by molar-refractivity contribution is 0.321. The van der Waals surface area contributed by atoms with E-state index in [9.17, 15) is 5.11 Å². The number of hydrogen-bond acceptors (Lipinski definition) is 5. The van der Waals surface area contributed by atoms with E-state index in [4.69, 9.17) is 10.5 Å². The third-order valence-electron chi connectivity index (χ3n) is 6.27. The van der Waals surface area contributed by atoms with Crippen molar-refractivity contribution in [1.82, 2.24) is 4.90 Å². The number of methoxy groups -OCH3 is 1. The van der Waals surface area contributed by atoms with Gasteiger partial charge in [-0.15, -0.1) is 11.3 Å². The quantitative estimate of drug-likeness (QED) is 0.355. The standard InChI is InChI=1S/C27H28N2O2S/c1-31-25-15-18(4-5-20(25)17-29-12-2-3-13-29)14-24-23-11-10-22(30)16-26(23)32-27(24)19-6-8-21(28)9-7-19/h4-11,15-16,30H,2-3,12-14,17,28H2,1H3. The highest BCUT2D eigenvalue weighted by Crippen LogP contribution is 2.41. The number of aromatic hydroxyl groups is 1. The van der Waals surface area contributed by atoms with Gasteiger partial charge in [0.15, 0.2) is 0 Å². The molecule has 5 heteroatoms. The zero-order chi connectivity index (χ0) is 22.1. The van der Waals surface area contributed by atoms with Gasteiger partial charge in [0.1, 0.15) is 11.5 Å². The van der Waals surface area contributed by atoms with Gasteiger partial charge in [0.25, 0.3) is 0 Å². The van der Waals surface area contributed by atoms with Gasteiger partial charge in [0.2, 0.25) is 0 Å². The van der Waals surface area contributed by atoms with E-state index in [1.165, 1.54) is 52.9 Å². The Hall–Kier alpha value is -3.02. The van der Waals surface area contributed by atoms with Crippen LogP contribution in [0.4, 0.5) is 5.69 Å². The number of nitrogens with two attached hydrogens (primary N) is 1. The van der Waals surface area contributed by atoms with Gasteiger partial charge in [0, 0.05) is 27.4 Å². The molecule has 3 N–H and O–H groups in total. The Morgan fingerprint density at radius 2 is 1.78 bits per heavy atom. The van der Waals surface area contributed by atoms with Crippen LogP contribution in [0.2, 0.25) is 0 Å². The molecule has 5 rings (SSSR count). The number of rotatable bonds is 6. The summed E-state index contributed by atoms with van der Waals surface area (Å²) in [4.78, 5) is 3.71. The number of phenolic OH excluding ortho intramolecular Hbond substituents is 1. The van der Waals surface area contributed by atoms with Gasteiger partial charge < -0.3 is 15.6 Å². The predicted octanol–water partition coefficient (Wildman–Crippen LogP) is 6.05. The number of hydrogen-bond donors (Lipinski definition) is 2. The average molecular weight is 445 g/mol. The summed E-state index contributed by atoms with van der Waals surface area (Å²) >= 11 is 1.71. The van der Waals surface area contributed by atoms with Crippen LogP contribution in [0, 0.1) is 0 Å². The highest BCUT2D eigenvalue weighted by Gasteiger charge is 2.17. The smallest absolute Gasteiger partial charge is 0.123 e. The first-order valence-electron chi connectivity index (χ1n) is 11.1. The largest absolute Gasteiger partial charge is 0.508 e. The molecule has 1 aliphatic rings. The van der Waals surface area contributed by atoms with Gasteiger partial charge in [-0.3, -0.25) is 4.90 Å². The third kappa shape index (κ3) is 4.18. The van der Waals surface area contributed by atoms with Gasteiger partial charge in [-0.05, 0) is 90.8 Å². The molecule has 164 valence electrons. The summed E-state index contributed by atoms with van der Waals surface area (Å²) in [6.07, 6.45) is 3.37. The molecule has 0 atom stereocenters. The Morgan fingerprint density at radius 3 is 2.53 bits per heavy atom. The molecule has 3 aromatic carbocycles. The van der Waals surface area contributed by atoms with Gasteiger partial charge in [0.05, 0.1) is 7.11 Å². The van der Waals surface area contributed by atoms with E-state index in [1.807, 2.05) is 24.3 Å². The maximum atomic E-state index is 10.0. The number of nitrogen functional groups attached to an aromatic ring is 1. The van der Waals surface area contributed by atoms with Crippen molar-refractivity contribution in [2.75, 3.05) is 25.9 Å². The second-order valence-electron chi connectivity index (χ2n) is 8.52. The fourth-order valence-electron chi connectivity index (χ4n) is 4.60. The Morgan fingerprint density at radius 1 is 1.00 bits per heavy atom. The first-order chi connectivity index (χ1) is 15.6. The van der Waals surface area contributed by atoms with E-state index in [0.29, 0.717) is 5.75 Å². The summed E-state index contributed by atoms with van der Waals surface area (Å²) in [5, 5.41) is 11.2. The van der Waals surface area contributed by atoms with Crippen molar-refractivity contribution < 1.29 is 9.84 Å². The van der Waals surface area contributed by atoms with E-state index in [-0.39, 0.29) is 0 Å².